The molecule has 0 aliphatic heterocycles. The van der Waals surface area contributed by atoms with Crippen molar-refractivity contribution in [1.29, 1.82) is 0 Å². The second-order valence-corrected chi connectivity index (χ2v) is 8.22. The molecule has 2 aliphatic carbocycles. The van der Waals surface area contributed by atoms with Crippen LogP contribution in [0, 0.1) is 10.1 Å². The summed E-state index contributed by atoms with van der Waals surface area (Å²) in [7, 11) is 3.19. The number of hydrogen-bond acceptors (Lipinski definition) is 5. The van der Waals surface area contributed by atoms with Gasteiger partial charge in [-0.25, -0.2) is 0 Å². The van der Waals surface area contributed by atoms with E-state index in [1.165, 1.54) is 37.5 Å². The van der Waals surface area contributed by atoms with Crippen molar-refractivity contribution in [3.8, 4) is 11.5 Å². The molecule has 0 unspecified atom stereocenters. The molecule has 0 fully saturated rings. The summed E-state index contributed by atoms with van der Waals surface area (Å²) in [5.74, 6) is 1.33. The molecule has 0 amide bonds. The lowest BCUT2D eigenvalue weighted by Gasteiger charge is -2.19. The average Bonchev–Trinajstić information content (AvgIpc) is 2.74. The van der Waals surface area contributed by atoms with Crippen LogP contribution in [0.2, 0.25) is 0 Å². The molecule has 29 heavy (non-hydrogen) atoms. The van der Waals surface area contributed by atoms with Gasteiger partial charge >= 0.3 is 5.69 Å². The Hall–Kier alpha value is -2.28. The van der Waals surface area contributed by atoms with Crippen LogP contribution in [0.15, 0.2) is 22.7 Å². The van der Waals surface area contributed by atoms with Gasteiger partial charge in [-0.3, -0.25) is 10.1 Å². The van der Waals surface area contributed by atoms with Crippen LogP contribution in [0.4, 0.5) is 11.4 Å². The third kappa shape index (κ3) is 4.50. The van der Waals surface area contributed by atoms with Gasteiger partial charge in [0.05, 0.1) is 24.8 Å². The molecule has 0 bridgehead atoms. The van der Waals surface area contributed by atoms with E-state index in [-0.39, 0.29) is 5.69 Å². The highest BCUT2D eigenvalue weighted by molar-refractivity contribution is 9.10. The normalized spacial score (nSPS) is 14.7. The van der Waals surface area contributed by atoms with E-state index >= 15 is 0 Å². The third-order valence-electron chi connectivity index (χ3n) is 5.64. The number of anilines is 1. The minimum atomic E-state index is -0.390. The van der Waals surface area contributed by atoms with Crippen LogP contribution < -0.4 is 15.2 Å². The van der Waals surface area contributed by atoms with Crippen molar-refractivity contribution >= 4 is 27.3 Å². The molecule has 156 valence electrons. The number of ether oxygens (including phenoxy) is 2. The van der Waals surface area contributed by atoms with Gasteiger partial charge in [-0.1, -0.05) is 22.0 Å². The van der Waals surface area contributed by atoms with E-state index in [9.17, 15) is 10.1 Å². The van der Waals surface area contributed by atoms with E-state index in [0.29, 0.717) is 5.75 Å². The molecule has 0 spiro atoms. The highest BCUT2D eigenvalue weighted by Crippen LogP contribution is 2.41. The Morgan fingerprint density at radius 2 is 1.52 bits per heavy atom. The lowest BCUT2D eigenvalue weighted by Crippen LogP contribution is -2.08. The number of benzene rings is 2. The lowest BCUT2D eigenvalue weighted by atomic mass is 9.90. The van der Waals surface area contributed by atoms with Crippen molar-refractivity contribution in [1.82, 2.24) is 0 Å². The predicted molar refractivity (Wildman–Crippen MR) is 118 cm³/mol. The molecule has 2 N–H and O–H groups in total. The first-order chi connectivity index (χ1) is 14.0. The summed E-state index contributed by atoms with van der Waals surface area (Å²) >= 11 is 3.40. The number of rotatable bonds is 3. The molecule has 0 heterocycles. The number of nitro benzene ring substituents is 1. The van der Waals surface area contributed by atoms with E-state index < -0.39 is 4.92 Å². The number of nitrogen functional groups attached to an aromatic ring is 1. The quantitative estimate of drug-likeness (QED) is 0.374. The summed E-state index contributed by atoms with van der Waals surface area (Å²) in [5.41, 5.74) is 11.5. The summed E-state index contributed by atoms with van der Waals surface area (Å²) in [6.45, 7) is 0. The van der Waals surface area contributed by atoms with Gasteiger partial charge in [0.2, 0.25) is 0 Å². The van der Waals surface area contributed by atoms with Crippen LogP contribution in [0.5, 0.6) is 11.5 Å². The second-order valence-electron chi connectivity index (χ2n) is 7.36. The molecule has 0 atom stereocenters. The Kier molecular flexibility index (Phi) is 7.00. The lowest BCUT2D eigenvalue weighted by molar-refractivity contribution is -0.385. The van der Waals surface area contributed by atoms with E-state index in [1.54, 1.807) is 13.2 Å². The highest BCUT2D eigenvalue weighted by atomic mass is 79.9. The Balaban J connectivity index is 0.000000169. The maximum atomic E-state index is 10.9. The van der Waals surface area contributed by atoms with Crippen LogP contribution >= 0.6 is 15.9 Å². The zero-order valence-corrected chi connectivity index (χ0v) is 18.5. The summed E-state index contributed by atoms with van der Waals surface area (Å²) in [5, 5.41) is 10.9. The summed E-state index contributed by atoms with van der Waals surface area (Å²) in [6, 6.07) is 5.62. The molecule has 0 saturated heterocycles. The van der Waals surface area contributed by atoms with Gasteiger partial charge in [-0.15, -0.1) is 0 Å². The standard InChI is InChI=1S/C11H12BrNO3.C11H15NO/c1-16-11-8-5-3-2-4-7(8)9(12)6-10(11)13(14)15;1-13-11-9-5-3-2-4-8(9)6-7-10(11)12/h6H,2-5H2,1H3;6-7H,2-5,12H2,1H3. The topological polar surface area (TPSA) is 87.6 Å². The maximum absolute atomic E-state index is 10.9. The number of aryl methyl sites for hydroxylation is 1. The smallest absolute Gasteiger partial charge is 0.312 e. The fourth-order valence-corrected chi connectivity index (χ4v) is 4.92. The first kappa shape index (κ1) is 21.4. The first-order valence-corrected chi connectivity index (χ1v) is 10.7. The molecule has 7 heteroatoms. The zero-order chi connectivity index (χ0) is 21.0. The molecule has 6 nitrogen and oxygen atoms in total. The summed E-state index contributed by atoms with van der Waals surface area (Å²) in [6.07, 6.45) is 8.86. The summed E-state index contributed by atoms with van der Waals surface area (Å²) < 4.78 is 11.3. The number of methoxy groups -OCH3 is 2. The van der Waals surface area contributed by atoms with Gasteiger partial charge in [0.25, 0.3) is 0 Å². The van der Waals surface area contributed by atoms with Gasteiger partial charge in [-0.2, -0.15) is 0 Å². The monoisotopic (exact) mass is 462 g/mol. The van der Waals surface area contributed by atoms with Crippen molar-refractivity contribution < 1.29 is 14.4 Å². The number of fused-ring (bicyclic) bond motifs is 2. The molecule has 0 radical (unpaired) electrons. The van der Waals surface area contributed by atoms with Crippen LogP contribution in [0.3, 0.4) is 0 Å². The maximum Gasteiger partial charge on any atom is 0.312 e. The fourth-order valence-electron chi connectivity index (χ4n) is 4.26. The molecule has 4 rings (SSSR count). The molecule has 0 aromatic heterocycles. The zero-order valence-electron chi connectivity index (χ0n) is 16.9. The van der Waals surface area contributed by atoms with Gasteiger partial charge in [0.15, 0.2) is 5.75 Å². The fraction of sp³-hybridized carbons (Fsp3) is 0.455. The second kappa shape index (κ2) is 9.48. The summed E-state index contributed by atoms with van der Waals surface area (Å²) in [4.78, 5) is 10.5. The van der Waals surface area contributed by atoms with Crippen LogP contribution in [-0.4, -0.2) is 19.1 Å². The molecule has 2 aromatic rings. The molecule has 2 aliphatic rings. The highest BCUT2D eigenvalue weighted by Gasteiger charge is 2.26. The van der Waals surface area contributed by atoms with Gasteiger partial charge < -0.3 is 15.2 Å². The number of nitrogens with two attached hydrogens (primary N) is 1. The average molecular weight is 463 g/mol. The molecule has 0 saturated carbocycles. The van der Waals surface area contributed by atoms with E-state index in [2.05, 4.69) is 22.0 Å². The third-order valence-corrected chi connectivity index (χ3v) is 6.35. The minimum absolute atomic E-state index is 0.0509. The van der Waals surface area contributed by atoms with E-state index in [4.69, 9.17) is 15.2 Å². The van der Waals surface area contributed by atoms with Crippen molar-refractivity contribution in [2.75, 3.05) is 20.0 Å². The van der Waals surface area contributed by atoms with Crippen LogP contribution in [-0.2, 0) is 25.7 Å². The van der Waals surface area contributed by atoms with Gasteiger partial charge in [0.1, 0.15) is 5.75 Å². The van der Waals surface area contributed by atoms with Gasteiger partial charge in [-0.05, 0) is 74.1 Å². The van der Waals surface area contributed by atoms with Crippen molar-refractivity contribution in [3.05, 3.63) is 55.0 Å². The minimum Gasteiger partial charge on any atom is -0.494 e. The molecular weight excluding hydrogens is 436 g/mol. The van der Waals surface area contributed by atoms with Crippen molar-refractivity contribution in [2.45, 2.75) is 51.4 Å². The Morgan fingerprint density at radius 3 is 2.14 bits per heavy atom. The Labute approximate surface area is 179 Å². The van der Waals surface area contributed by atoms with E-state index in [0.717, 1.165) is 59.1 Å². The largest absolute Gasteiger partial charge is 0.494 e. The Morgan fingerprint density at radius 1 is 0.931 bits per heavy atom. The number of nitro groups is 1. The number of hydrogen-bond donors (Lipinski definition) is 1. The molecule has 2 aromatic carbocycles. The van der Waals surface area contributed by atoms with Crippen molar-refractivity contribution in [3.63, 3.8) is 0 Å². The predicted octanol–water partition coefficient (Wildman–Crippen LogP) is 5.40. The number of halogens is 1. The van der Waals surface area contributed by atoms with Crippen LogP contribution in [0.25, 0.3) is 0 Å². The Bertz CT molecular complexity index is 914. The van der Waals surface area contributed by atoms with Crippen LogP contribution in [0.1, 0.15) is 47.9 Å². The van der Waals surface area contributed by atoms with E-state index in [1.807, 2.05) is 6.07 Å². The number of nitrogens with zero attached hydrogens (tertiary/aromatic N) is 1. The van der Waals surface area contributed by atoms with Crippen molar-refractivity contribution in [2.24, 2.45) is 0 Å². The molecular formula is C22H27BrN2O4. The van der Waals surface area contributed by atoms with Gasteiger partial charge in [0, 0.05) is 16.1 Å². The SMILES string of the molecule is COc1c(N)ccc2c1CCCC2.COc1c([N+](=O)[O-])cc(Br)c2c1CCCC2. The first-order valence-electron chi connectivity index (χ1n) is 9.94.